The number of alkyl halides is 2. The highest BCUT2D eigenvalue weighted by molar-refractivity contribution is 9.10. The van der Waals surface area contributed by atoms with Gasteiger partial charge in [0.2, 0.25) is 6.29 Å². The first-order valence-corrected chi connectivity index (χ1v) is 4.92. The molecule has 3 heteroatoms. The Kier molecular flexibility index (Phi) is 7.22. The smallest absolute Gasteiger partial charge is 0.213 e. The molecule has 1 radical (unpaired) electrons. The fraction of sp³-hybridized carbons (Fsp3) is 0.833. The zero-order chi connectivity index (χ0) is 7.11. The third-order valence-electron chi connectivity index (χ3n) is 0.969. The molecule has 0 aliphatic rings. The van der Waals surface area contributed by atoms with E-state index < -0.39 is 0 Å². The van der Waals surface area contributed by atoms with E-state index >= 15 is 0 Å². The molecule has 1 nitrogen and oxygen atoms in total. The molecular weight excluding hydrogens is 248 g/mol. The summed E-state index contributed by atoms with van der Waals surface area (Å²) in [5.74, 6) is 0. The highest BCUT2D eigenvalue weighted by Crippen LogP contribution is 2.07. The van der Waals surface area contributed by atoms with Crippen LogP contribution in [0.1, 0.15) is 19.3 Å². The predicted octanol–water partition coefficient (Wildman–Crippen LogP) is 2.42. The second-order valence-electron chi connectivity index (χ2n) is 1.77. The van der Waals surface area contributed by atoms with Crippen molar-refractivity contribution in [3.63, 3.8) is 0 Å². The summed E-state index contributed by atoms with van der Waals surface area (Å²) in [6.07, 6.45) is 4.98. The van der Waals surface area contributed by atoms with Crippen molar-refractivity contribution in [2.75, 3.05) is 5.33 Å². The minimum absolute atomic E-state index is 0.0588. The van der Waals surface area contributed by atoms with E-state index in [-0.39, 0.29) is 4.83 Å². The average molecular weight is 257 g/mol. The fourth-order valence-electron chi connectivity index (χ4n) is 0.477. The molecule has 0 heterocycles. The van der Waals surface area contributed by atoms with E-state index in [0.717, 1.165) is 24.6 Å². The molecule has 0 aliphatic heterocycles. The third-order valence-corrected chi connectivity index (χ3v) is 2.17. The monoisotopic (exact) mass is 255 g/mol. The van der Waals surface area contributed by atoms with E-state index in [1.807, 2.05) is 6.29 Å². The maximum absolute atomic E-state index is 9.92. The van der Waals surface area contributed by atoms with Gasteiger partial charge in [0.1, 0.15) is 0 Å². The number of rotatable bonds is 5. The van der Waals surface area contributed by atoms with Crippen LogP contribution in [0.2, 0.25) is 0 Å². The zero-order valence-electron chi connectivity index (χ0n) is 5.07. The lowest BCUT2D eigenvalue weighted by Gasteiger charge is -1.96. The average Bonchev–Trinajstić information content (AvgIpc) is 1.89. The summed E-state index contributed by atoms with van der Waals surface area (Å²) in [4.78, 5) is 9.86. The molecule has 0 amide bonds. The molecule has 0 N–H and O–H groups in total. The molecule has 0 fully saturated rings. The van der Waals surface area contributed by atoms with Crippen LogP contribution in [0.25, 0.3) is 0 Å². The summed E-state index contributed by atoms with van der Waals surface area (Å²) in [7, 11) is 0. The lowest BCUT2D eigenvalue weighted by atomic mass is 10.2. The van der Waals surface area contributed by atoms with E-state index in [1.54, 1.807) is 0 Å². The largest absolute Gasteiger partial charge is 0.290 e. The summed E-state index contributed by atoms with van der Waals surface area (Å²) >= 11 is 6.48. The van der Waals surface area contributed by atoms with Gasteiger partial charge in [-0.2, -0.15) is 0 Å². The Morgan fingerprint density at radius 2 is 2.11 bits per heavy atom. The summed E-state index contributed by atoms with van der Waals surface area (Å²) in [5.41, 5.74) is 0. The third kappa shape index (κ3) is 6.52. The first-order valence-electron chi connectivity index (χ1n) is 2.89. The number of halogens is 2. The maximum Gasteiger partial charge on any atom is 0.213 e. The van der Waals surface area contributed by atoms with Gasteiger partial charge in [0.15, 0.2) is 0 Å². The van der Waals surface area contributed by atoms with Crippen LogP contribution < -0.4 is 0 Å². The minimum Gasteiger partial charge on any atom is -0.290 e. The summed E-state index contributed by atoms with van der Waals surface area (Å²) in [6, 6.07) is 0. The Bertz CT molecular complexity index is 75.5. The Balaban J connectivity index is 2.96. The maximum atomic E-state index is 9.92. The van der Waals surface area contributed by atoms with Gasteiger partial charge in [-0.3, -0.25) is 4.79 Å². The van der Waals surface area contributed by atoms with Gasteiger partial charge in [-0.15, -0.1) is 0 Å². The standard InChI is InChI=1S/C6H9Br2O/c7-4-2-1-3-6(8)5-9/h6H,1-4H2. The second-order valence-corrected chi connectivity index (χ2v) is 3.67. The Labute approximate surface area is 72.5 Å². The number of hydrogen-bond donors (Lipinski definition) is 0. The fourth-order valence-corrected chi connectivity index (χ4v) is 1.20. The zero-order valence-corrected chi connectivity index (χ0v) is 8.24. The van der Waals surface area contributed by atoms with Crippen molar-refractivity contribution in [2.24, 2.45) is 0 Å². The molecule has 9 heavy (non-hydrogen) atoms. The van der Waals surface area contributed by atoms with Crippen molar-refractivity contribution < 1.29 is 4.79 Å². The van der Waals surface area contributed by atoms with Crippen molar-refractivity contribution in [1.29, 1.82) is 0 Å². The van der Waals surface area contributed by atoms with Crippen LogP contribution >= 0.6 is 31.9 Å². The van der Waals surface area contributed by atoms with Crippen LogP contribution in [0, 0.1) is 0 Å². The molecular formula is C6H9Br2O. The van der Waals surface area contributed by atoms with Crippen LogP contribution in [0.4, 0.5) is 0 Å². The molecule has 0 aromatic carbocycles. The van der Waals surface area contributed by atoms with Crippen molar-refractivity contribution >= 4 is 38.1 Å². The molecule has 0 aliphatic carbocycles. The SMILES string of the molecule is O=[C]C(Br)CCCCBr. The van der Waals surface area contributed by atoms with Crippen molar-refractivity contribution in [3.8, 4) is 0 Å². The minimum atomic E-state index is -0.0588. The van der Waals surface area contributed by atoms with Gasteiger partial charge in [-0.25, -0.2) is 0 Å². The van der Waals surface area contributed by atoms with Crippen LogP contribution in [0.3, 0.4) is 0 Å². The van der Waals surface area contributed by atoms with E-state index in [1.165, 1.54) is 0 Å². The molecule has 0 bridgehead atoms. The van der Waals surface area contributed by atoms with Gasteiger partial charge in [0, 0.05) is 5.33 Å². The summed E-state index contributed by atoms with van der Waals surface area (Å²) < 4.78 is 0. The van der Waals surface area contributed by atoms with Crippen LogP contribution in [0.15, 0.2) is 0 Å². The lowest BCUT2D eigenvalue weighted by Crippen LogP contribution is -1.97. The van der Waals surface area contributed by atoms with Crippen LogP contribution in [0.5, 0.6) is 0 Å². The Hall–Kier alpha value is 0.630. The first kappa shape index (κ1) is 9.63. The quantitative estimate of drug-likeness (QED) is 0.546. The van der Waals surface area contributed by atoms with Gasteiger partial charge in [-0.05, 0) is 12.8 Å². The van der Waals surface area contributed by atoms with Gasteiger partial charge >= 0.3 is 0 Å². The van der Waals surface area contributed by atoms with Gasteiger partial charge in [-0.1, -0.05) is 38.3 Å². The number of hydrogen-bond acceptors (Lipinski definition) is 1. The van der Waals surface area contributed by atoms with Gasteiger partial charge in [0.25, 0.3) is 0 Å². The molecule has 1 atom stereocenters. The number of carbonyl (C=O) groups excluding carboxylic acids is 1. The molecule has 53 valence electrons. The van der Waals surface area contributed by atoms with E-state index in [0.29, 0.717) is 0 Å². The molecule has 0 saturated carbocycles. The normalized spacial score (nSPS) is 13.1. The molecule has 0 rings (SSSR count). The van der Waals surface area contributed by atoms with Crippen molar-refractivity contribution in [1.82, 2.24) is 0 Å². The van der Waals surface area contributed by atoms with Gasteiger partial charge in [0.05, 0.1) is 4.83 Å². The van der Waals surface area contributed by atoms with Crippen molar-refractivity contribution in [3.05, 3.63) is 0 Å². The molecule has 0 aromatic heterocycles. The predicted molar refractivity (Wildman–Crippen MR) is 46.1 cm³/mol. The second kappa shape index (κ2) is 6.75. The molecule has 0 spiro atoms. The summed E-state index contributed by atoms with van der Waals surface area (Å²) in [6.45, 7) is 0. The first-order chi connectivity index (χ1) is 4.31. The topological polar surface area (TPSA) is 17.1 Å². The number of unbranched alkanes of at least 4 members (excludes halogenated alkanes) is 1. The highest BCUT2D eigenvalue weighted by atomic mass is 79.9. The Morgan fingerprint density at radius 1 is 1.44 bits per heavy atom. The van der Waals surface area contributed by atoms with Crippen LogP contribution in [-0.4, -0.2) is 16.4 Å². The van der Waals surface area contributed by atoms with E-state index in [2.05, 4.69) is 31.9 Å². The van der Waals surface area contributed by atoms with E-state index in [4.69, 9.17) is 0 Å². The molecule has 0 aromatic rings. The highest BCUT2D eigenvalue weighted by Gasteiger charge is 2.00. The molecule has 1 unspecified atom stereocenters. The summed E-state index contributed by atoms with van der Waals surface area (Å²) in [5, 5.41) is 1.02. The van der Waals surface area contributed by atoms with Crippen molar-refractivity contribution in [2.45, 2.75) is 24.1 Å². The van der Waals surface area contributed by atoms with Gasteiger partial charge < -0.3 is 0 Å². The van der Waals surface area contributed by atoms with Crippen LogP contribution in [-0.2, 0) is 4.79 Å². The van der Waals surface area contributed by atoms with E-state index in [9.17, 15) is 4.79 Å². The Morgan fingerprint density at radius 3 is 2.56 bits per heavy atom. The lowest BCUT2D eigenvalue weighted by molar-refractivity contribution is 0.549. The molecule has 0 saturated heterocycles.